The lowest BCUT2D eigenvalue weighted by Gasteiger charge is -2.22. The van der Waals surface area contributed by atoms with Crippen LogP contribution in [-0.4, -0.2) is 12.0 Å². The summed E-state index contributed by atoms with van der Waals surface area (Å²) in [5, 5.41) is 3.65. The molecule has 1 aliphatic rings. The molecule has 0 atom stereocenters. The van der Waals surface area contributed by atoms with Crippen LogP contribution in [0.3, 0.4) is 0 Å². The average molecular weight is 351 g/mol. The fourth-order valence-electron chi connectivity index (χ4n) is 3.65. The fraction of sp³-hybridized carbons (Fsp3) is 0.435. The van der Waals surface area contributed by atoms with Crippen LogP contribution in [0.25, 0.3) is 0 Å². The van der Waals surface area contributed by atoms with Crippen molar-refractivity contribution in [1.82, 2.24) is 5.32 Å². The van der Waals surface area contributed by atoms with E-state index in [2.05, 4.69) is 23.5 Å². The summed E-state index contributed by atoms with van der Waals surface area (Å²) in [7, 11) is 0. The summed E-state index contributed by atoms with van der Waals surface area (Å²) in [6, 6.07) is 14.8. The van der Waals surface area contributed by atoms with Crippen LogP contribution in [0.5, 0.6) is 0 Å². The largest absolute Gasteiger partial charge is 0.457 e. The van der Waals surface area contributed by atoms with E-state index < -0.39 is 0 Å². The molecule has 3 nitrogen and oxygen atoms in total. The molecule has 3 heteroatoms. The van der Waals surface area contributed by atoms with E-state index in [-0.39, 0.29) is 5.97 Å². The third-order valence-electron chi connectivity index (χ3n) is 5.05. The summed E-state index contributed by atoms with van der Waals surface area (Å²) in [5.41, 5.74) is 5.07. The summed E-state index contributed by atoms with van der Waals surface area (Å²) in [5.74, 6) is -0.264. The summed E-state index contributed by atoms with van der Waals surface area (Å²) >= 11 is 0. The van der Waals surface area contributed by atoms with Crippen LogP contribution in [-0.2, 0) is 17.9 Å². The Hall–Kier alpha value is -2.13. The van der Waals surface area contributed by atoms with Crippen molar-refractivity contribution in [2.75, 3.05) is 0 Å². The standard InChI is InChI=1S/C23H29NO2/c1-17-12-18(2)14-21(13-17)23(25)26-16-20-10-8-19(9-11-20)15-24-22-6-4-3-5-7-22/h8-14,22,24H,3-7,15-16H2,1-2H3. The van der Waals surface area contributed by atoms with Gasteiger partial charge in [0.05, 0.1) is 5.56 Å². The van der Waals surface area contributed by atoms with Gasteiger partial charge in [0.2, 0.25) is 0 Å². The number of ether oxygens (including phenoxy) is 1. The van der Waals surface area contributed by atoms with Gasteiger partial charge < -0.3 is 10.1 Å². The number of benzene rings is 2. The number of nitrogens with one attached hydrogen (secondary N) is 1. The van der Waals surface area contributed by atoms with Crippen molar-refractivity contribution in [1.29, 1.82) is 0 Å². The molecule has 0 saturated heterocycles. The van der Waals surface area contributed by atoms with Gasteiger partial charge in [-0.1, -0.05) is 60.7 Å². The van der Waals surface area contributed by atoms with E-state index in [1.54, 1.807) is 0 Å². The molecular weight excluding hydrogens is 322 g/mol. The Kier molecular flexibility index (Phi) is 6.45. The topological polar surface area (TPSA) is 38.3 Å². The predicted molar refractivity (Wildman–Crippen MR) is 105 cm³/mol. The van der Waals surface area contributed by atoms with Crippen LogP contribution < -0.4 is 5.32 Å². The highest BCUT2D eigenvalue weighted by atomic mass is 16.5. The van der Waals surface area contributed by atoms with E-state index >= 15 is 0 Å². The van der Waals surface area contributed by atoms with Crippen molar-refractivity contribution in [3.05, 3.63) is 70.3 Å². The first-order chi connectivity index (χ1) is 12.6. The molecule has 1 saturated carbocycles. The molecule has 2 aromatic rings. The smallest absolute Gasteiger partial charge is 0.338 e. The molecule has 0 aliphatic heterocycles. The van der Waals surface area contributed by atoms with Crippen LogP contribution in [0.1, 0.15) is 64.7 Å². The quantitative estimate of drug-likeness (QED) is 0.737. The molecule has 1 aliphatic carbocycles. The van der Waals surface area contributed by atoms with Gasteiger partial charge in [-0.05, 0) is 49.9 Å². The Morgan fingerprint density at radius 1 is 0.962 bits per heavy atom. The second kappa shape index (κ2) is 9.00. The molecule has 0 unspecified atom stereocenters. The van der Waals surface area contributed by atoms with E-state index in [9.17, 15) is 4.79 Å². The predicted octanol–water partition coefficient (Wildman–Crippen LogP) is 5.08. The molecule has 0 amide bonds. The number of aryl methyl sites for hydroxylation is 2. The Balaban J connectivity index is 1.48. The summed E-state index contributed by atoms with van der Waals surface area (Å²) in [6.07, 6.45) is 6.68. The first-order valence-electron chi connectivity index (χ1n) is 9.67. The van der Waals surface area contributed by atoms with Gasteiger partial charge in [-0.2, -0.15) is 0 Å². The van der Waals surface area contributed by atoms with Crippen molar-refractivity contribution < 1.29 is 9.53 Å². The van der Waals surface area contributed by atoms with Gasteiger partial charge in [-0.25, -0.2) is 4.79 Å². The number of esters is 1. The van der Waals surface area contributed by atoms with Crippen LogP contribution in [0.15, 0.2) is 42.5 Å². The van der Waals surface area contributed by atoms with E-state index in [1.165, 1.54) is 37.7 Å². The molecule has 138 valence electrons. The third kappa shape index (κ3) is 5.43. The Morgan fingerprint density at radius 3 is 2.23 bits per heavy atom. The number of rotatable bonds is 6. The Morgan fingerprint density at radius 2 is 1.58 bits per heavy atom. The Bertz CT molecular complexity index is 710. The van der Waals surface area contributed by atoms with Crippen LogP contribution in [0, 0.1) is 13.8 Å². The lowest BCUT2D eigenvalue weighted by molar-refractivity contribution is 0.0472. The second-order valence-electron chi connectivity index (χ2n) is 7.48. The van der Waals surface area contributed by atoms with E-state index in [0.29, 0.717) is 18.2 Å². The van der Waals surface area contributed by atoms with Crippen LogP contribution >= 0.6 is 0 Å². The third-order valence-corrected chi connectivity index (χ3v) is 5.05. The number of hydrogen-bond donors (Lipinski definition) is 1. The fourth-order valence-corrected chi connectivity index (χ4v) is 3.65. The maximum atomic E-state index is 12.2. The van der Waals surface area contributed by atoms with E-state index in [4.69, 9.17) is 4.74 Å². The van der Waals surface area contributed by atoms with Gasteiger partial charge in [0, 0.05) is 12.6 Å². The van der Waals surface area contributed by atoms with Crippen molar-refractivity contribution in [3.63, 3.8) is 0 Å². The molecule has 0 aromatic heterocycles. The molecule has 0 spiro atoms. The Labute approximate surface area is 156 Å². The summed E-state index contributed by atoms with van der Waals surface area (Å²) in [4.78, 5) is 12.2. The number of carbonyl (C=O) groups is 1. The summed E-state index contributed by atoms with van der Waals surface area (Å²) < 4.78 is 5.46. The average Bonchev–Trinajstić information content (AvgIpc) is 2.65. The van der Waals surface area contributed by atoms with Crippen LogP contribution in [0.2, 0.25) is 0 Å². The SMILES string of the molecule is Cc1cc(C)cc(C(=O)OCc2ccc(CNC3CCCCC3)cc2)c1. The molecule has 3 rings (SSSR count). The highest BCUT2D eigenvalue weighted by Gasteiger charge is 2.12. The molecule has 26 heavy (non-hydrogen) atoms. The minimum Gasteiger partial charge on any atom is -0.457 e. The highest BCUT2D eigenvalue weighted by molar-refractivity contribution is 5.89. The van der Waals surface area contributed by atoms with E-state index in [1.807, 2.05) is 38.1 Å². The van der Waals surface area contributed by atoms with Crippen molar-refractivity contribution in [2.45, 2.75) is 65.1 Å². The van der Waals surface area contributed by atoms with Crippen LogP contribution in [0.4, 0.5) is 0 Å². The lowest BCUT2D eigenvalue weighted by Crippen LogP contribution is -2.30. The van der Waals surface area contributed by atoms with Crippen molar-refractivity contribution in [2.24, 2.45) is 0 Å². The van der Waals surface area contributed by atoms with Gasteiger partial charge in [-0.15, -0.1) is 0 Å². The van der Waals surface area contributed by atoms with Gasteiger partial charge in [-0.3, -0.25) is 0 Å². The highest BCUT2D eigenvalue weighted by Crippen LogP contribution is 2.18. The maximum absolute atomic E-state index is 12.2. The van der Waals surface area contributed by atoms with Crippen molar-refractivity contribution >= 4 is 5.97 Å². The second-order valence-corrected chi connectivity index (χ2v) is 7.48. The van der Waals surface area contributed by atoms with Gasteiger partial charge in [0.25, 0.3) is 0 Å². The molecule has 2 aromatic carbocycles. The minimum atomic E-state index is -0.264. The zero-order chi connectivity index (χ0) is 18.4. The summed E-state index contributed by atoms with van der Waals surface area (Å²) in [6.45, 7) is 5.20. The monoisotopic (exact) mass is 351 g/mol. The van der Waals surface area contributed by atoms with Gasteiger partial charge >= 0.3 is 5.97 Å². The lowest BCUT2D eigenvalue weighted by atomic mass is 9.95. The number of hydrogen-bond acceptors (Lipinski definition) is 3. The molecule has 0 bridgehead atoms. The first kappa shape index (κ1) is 18.7. The zero-order valence-corrected chi connectivity index (χ0v) is 15.9. The normalized spacial score (nSPS) is 15.0. The molecule has 0 heterocycles. The molecule has 0 radical (unpaired) electrons. The van der Waals surface area contributed by atoms with E-state index in [0.717, 1.165) is 23.2 Å². The molecule has 1 fully saturated rings. The van der Waals surface area contributed by atoms with Gasteiger partial charge in [0.15, 0.2) is 0 Å². The first-order valence-corrected chi connectivity index (χ1v) is 9.67. The van der Waals surface area contributed by atoms with Crippen molar-refractivity contribution in [3.8, 4) is 0 Å². The molecule has 1 N–H and O–H groups in total. The number of carbonyl (C=O) groups excluding carboxylic acids is 1. The maximum Gasteiger partial charge on any atom is 0.338 e. The minimum absolute atomic E-state index is 0.264. The zero-order valence-electron chi connectivity index (χ0n) is 15.9. The van der Waals surface area contributed by atoms with Gasteiger partial charge in [0.1, 0.15) is 6.61 Å². The molecular formula is C23H29NO2.